The second-order valence-electron chi connectivity index (χ2n) is 8.06. The number of rotatable bonds is 10. The van der Waals surface area contributed by atoms with Gasteiger partial charge in [-0.15, -0.1) is 0 Å². The lowest BCUT2D eigenvalue weighted by molar-refractivity contribution is -0.141. The minimum atomic E-state index is -0.911. The minimum Gasteiger partial charge on any atom is -0.481 e. The second kappa shape index (κ2) is 11.6. The molecule has 0 aliphatic rings. The first-order valence-corrected chi connectivity index (χ1v) is 10.9. The zero-order valence-corrected chi connectivity index (χ0v) is 18.6. The zero-order chi connectivity index (χ0) is 23.6. The molecule has 0 aliphatic heterocycles. The highest BCUT2D eigenvalue weighted by molar-refractivity contribution is 6.05. The van der Waals surface area contributed by atoms with Crippen LogP contribution >= 0.6 is 0 Å². The zero-order valence-electron chi connectivity index (χ0n) is 18.6. The third-order valence-electron chi connectivity index (χ3n) is 5.56. The highest BCUT2D eigenvalue weighted by atomic mass is 16.4. The third-order valence-corrected chi connectivity index (χ3v) is 5.56. The fraction of sp³-hybridized carbons (Fsp3) is 0.222. The number of carbonyl (C=O) groups excluding carboxylic acids is 1. The molecular formula is C27H28N2O4. The summed E-state index contributed by atoms with van der Waals surface area (Å²) in [7, 11) is 0. The summed E-state index contributed by atoms with van der Waals surface area (Å²) in [4.78, 5) is 24.2. The van der Waals surface area contributed by atoms with Gasteiger partial charge in [-0.2, -0.15) is 0 Å². The number of amides is 1. The van der Waals surface area contributed by atoms with Crippen molar-refractivity contribution in [1.29, 1.82) is 0 Å². The third kappa shape index (κ3) is 7.04. The smallest absolute Gasteiger partial charge is 0.306 e. The molecule has 0 fully saturated rings. The van der Waals surface area contributed by atoms with Gasteiger partial charge in [-0.3, -0.25) is 9.59 Å². The van der Waals surface area contributed by atoms with Crippen LogP contribution < -0.4 is 5.32 Å². The molecule has 0 aliphatic carbocycles. The maximum absolute atomic E-state index is 12.4. The van der Waals surface area contributed by atoms with Crippen LogP contribution in [0.3, 0.4) is 0 Å². The molecule has 1 atom stereocenters. The van der Waals surface area contributed by atoms with Crippen molar-refractivity contribution in [1.82, 2.24) is 0 Å². The minimum absolute atomic E-state index is 0.121. The van der Waals surface area contributed by atoms with E-state index in [0.717, 1.165) is 18.4 Å². The Morgan fingerprint density at radius 1 is 0.909 bits per heavy atom. The molecular weight excluding hydrogens is 416 g/mol. The number of anilines is 1. The quantitative estimate of drug-likeness (QED) is 0.217. The van der Waals surface area contributed by atoms with Crippen LogP contribution in [0.25, 0.3) is 0 Å². The Morgan fingerprint density at radius 2 is 1.55 bits per heavy atom. The first-order chi connectivity index (χ1) is 16.0. The van der Waals surface area contributed by atoms with Gasteiger partial charge in [0.1, 0.15) is 0 Å². The molecule has 3 N–H and O–H groups in total. The van der Waals surface area contributed by atoms with Crippen molar-refractivity contribution in [2.24, 2.45) is 11.1 Å². The average Bonchev–Trinajstić information content (AvgIpc) is 2.83. The molecule has 0 saturated carbocycles. The number of nitrogens with zero attached hydrogens (tertiary/aromatic N) is 1. The molecule has 6 heteroatoms. The number of aliphatic carboxylic acids is 1. The van der Waals surface area contributed by atoms with E-state index in [2.05, 4.69) is 10.5 Å². The van der Waals surface area contributed by atoms with E-state index in [1.807, 2.05) is 49.4 Å². The number of hydrogen-bond donors (Lipinski definition) is 3. The number of benzene rings is 3. The Bertz CT molecular complexity index is 1090. The summed E-state index contributed by atoms with van der Waals surface area (Å²) in [6, 6.07) is 24.0. The molecule has 6 nitrogen and oxygen atoms in total. The predicted octanol–water partition coefficient (Wildman–Crippen LogP) is 5.54. The topological polar surface area (TPSA) is 99.0 Å². The number of carboxylic acids is 1. The lowest BCUT2D eigenvalue weighted by Crippen LogP contribution is -2.19. The number of carboxylic acid groups (broad SMARTS) is 1. The molecule has 170 valence electrons. The van der Waals surface area contributed by atoms with E-state index >= 15 is 0 Å². The van der Waals surface area contributed by atoms with Crippen LogP contribution in [-0.2, 0) is 11.2 Å². The maximum atomic E-state index is 12.4. The molecule has 1 amide bonds. The molecule has 33 heavy (non-hydrogen) atoms. The lowest BCUT2D eigenvalue weighted by atomic mass is 9.92. The van der Waals surface area contributed by atoms with Gasteiger partial charge in [0, 0.05) is 17.7 Å². The largest absolute Gasteiger partial charge is 0.481 e. The molecule has 3 rings (SSSR count). The summed E-state index contributed by atoms with van der Waals surface area (Å²) in [6.07, 6.45) is 2.12. The summed E-state index contributed by atoms with van der Waals surface area (Å²) >= 11 is 0. The molecule has 1 unspecified atom stereocenters. The SMILES string of the molecule is Cc1ccc(C(=O)Nc2ccc(C(CC(CCCc3ccccc3)C(=O)O)=NO)cc2)cc1. The van der Waals surface area contributed by atoms with Gasteiger partial charge in [-0.05, 0) is 61.6 Å². The van der Waals surface area contributed by atoms with Gasteiger partial charge >= 0.3 is 5.97 Å². The van der Waals surface area contributed by atoms with E-state index in [9.17, 15) is 19.9 Å². The van der Waals surface area contributed by atoms with E-state index in [4.69, 9.17) is 0 Å². The average molecular weight is 445 g/mol. The summed E-state index contributed by atoms with van der Waals surface area (Å²) in [5.41, 5.74) is 4.31. The van der Waals surface area contributed by atoms with Crippen molar-refractivity contribution in [3.63, 3.8) is 0 Å². The van der Waals surface area contributed by atoms with Gasteiger partial charge in [-0.1, -0.05) is 65.3 Å². The predicted molar refractivity (Wildman–Crippen MR) is 129 cm³/mol. The van der Waals surface area contributed by atoms with E-state index < -0.39 is 11.9 Å². The first-order valence-electron chi connectivity index (χ1n) is 10.9. The highest BCUT2D eigenvalue weighted by Crippen LogP contribution is 2.20. The van der Waals surface area contributed by atoms with Crippen LogP contribution in [0.2, 0.25) is 0 Å². The molecule has 3 aromatic rings. The molecule has 0 bridgehead atoms. The van der Waals surface area contributed by atoms with Gasteiger partial charge in [0.2, 0.25) is 0 Å². The molecule has 0 saturated heterocycles. The first kappa shape index (κ1) is 23.7. The molecule has 0 heterocycles. The van der Waals surface area contributed by atoms with Gasteiger partial charge in [0.05, 0.1) is 11.6 Å². The van der Waals surface area contributed by atoms with Crippen molar-refractivity contribution >= 4 is 23.3 Å². The van der Waals surface area contributed by atoms with Crippen LogP contribution in [0.5, 0.6) is 0 Å². The fourth-order valence-corrected chi connectivity index (χ4v) is 3.61. The van der Waals surface area contributed by atoms with Crippen molar-refractivity contribution in [3.8, 4) is 0 Å². The summed E-state index contributed by atoms with van der Waals surface area (Å²) in [6.45, 7) is 1.96. The Labute approximate surface area is 193 Å². The molecule has 3 aromatic carbocycles. The number of aryl methyl sites for hydroxylation is 2. The number of hydrogen-bond acceptors (Lipinski definition) is 4. The fourth-order valence-electron chi connectivity index (χ4n) is 3.61. The Kier molecular flexibility index (Phi) is 8.36. The Morgan fingerprint density at radius 3 is 2.15 bits per heavy atom. The second-order valence-corrected chi connectivity index (χ2v) is 8.06. The lowest BCUT2D eigenvalue weighted by Gasteiger charge is -2.14. The van der Waals surface area contributed by atoms with Crippen molar-refractivity contribution in [3.05, 3.63) is 101 Å². The van der Waals surface area contributed by atoms with Gasteiger partial charge in [0.25, 0.3) is 5.91 Å². The maximum Gasteiger partial charge on any atom is 0.306 e. The van der Waals surface area contributed by atoms with Crippen LogP contribution in [0.15, 0.2) is 84.0 Å². The van der Waals surface area contributed by atoms with Crippen LogP contribution in [-0.4, -0.2) is 27.9 Å². The van der Waals surface area contributed by atoms with E-state index in [0.29, 0.717) is 28.9 Å². The van der Waals surface area contributed by atoms with E-state index in [1.165, 1.54) is 5.56 Å². The molecule has 0 aromatic heterocycles. The normalized spacial score (nSPS) is 12.2. The van der Waals surface area contributed by atoms with Crippen molar-refractivity contribution < 1.29 is 19.9 Å². The number of nitrogens with one attached hydrogen (secondary N) is 1. The monoisotopic (exact) mass is 444 g/mol. The Balaban J connectivity index is 1.59. The van der Waals surface area contributed by atoms with Crippen LogP contribution in [0, 0.1) is 12.8 Å². The van der Waals surface area contributed by atoms with Crippen LogP contribution in [0.4, 0.5) is 5.69 Å². The Hall–Kier alpha value is -3.93. The number of carbonyl (C=O) groups is 2. The van der Waals surface area contributed by atoms with Crippen LogP contribution in [0.1, 0.15) is 46.3 Å². The van der Waals surface area contributed by atoms with Crippen molar-refractivity contribution in [2.75, 3.05) is 5.32 Å². The van der Waals surface area contributed by atoms with Crippen molar-refractivity contribution in [2.45, 2.75) is 32.6 Å². The molecule has 0 spiro atoms. The van der Waals surface area contributed by atoms with E-state index in [1.54, 1.807) is 36.4 Å². The van der Waals surface area contributed by atoms with Gasteiger partial charge in [0.15, 0.2) is 0 Å². The number of oxime groups is 1. The van der Waals surface area contributed by atoms with Gasteiger partial charge < -0.3 is 15.6 Å². The van der Waals surface area contributed by atoms with Gasteiger partial charge in [-0.25, -0.2) is 0 Å². The summed E-state index contributed by atoms with van der Waals surface area (Å²) < 4.78 is 0. The van der Waals surface area contributed by atoms with E-state index in [-0.39, 0.29) is 12.3 Å². The summed E-state index contributed by atoms with van der Waals surface area (Å²) in [5.74, 6) is -1.78. The summed E-state index contributed by atoms with van der Waals surface area (Å²) in [5, 5.41) is 25.4. The standard InChI is InChI=1S/C27H28N2O4/c1-19-10-12-22(13-11-19)26(30)28-24-16-14-21(15-17-24)25(29-33)18-23(27(31)32)9-5-8-20-6-3-2-4-7-20/h2-4,6-7,10-17,23,33H,5,8-9,18H2,1H3,(H,28,30)(H,31,32). The highest BCUT2D eigenvalue weighted by Gasteiger charge is 2.21. The molecule has 0 radical (unpaired) electrons.